The van der Waals surface area contributed by atoms with Gasteiger partial charge in [0.05, 0.1) is 6.54 Å². The van der Waals surface area contributed by atoms with Crippen LogP contribution in [0.5, 0.6) is 0 Å². The minimum Gasteiger partial charge on any atom is -0.370 e. The van der Waals surface area contributed by atoms with Crippen LogP contribution >= 0.6 is 0 Å². The lowest BCUT2D eigenvalue weighted by molar-refractivity contribution is -0.121. The molecule has 0 aromatic rings. The molecule has 0 spiro atoms. The third-order valence-electron chi connectivity index (χ3n) is 2.85. The number of primary amides is 2. The summed E-state index contributed by atoms with van der Waals surface area (Å²) in [6.45, 7) is 0.779. The van der Waals surface area contributed by atoms with E-state index in [1.807, 2.05) is 4.90 Å². The van der Waals surface area contributed by atoms with Gasteiger partial charge >= 0.3 is 0 Å². The Morgan fingerprint density at radius 3 is 2.20 bits per heavy atom. The van der Waals surface area contributed by atoms with Gasteiger partial charge in [0.2, 0.25) is 11.8 Å². The fourth-order valence-corrected chi connectivity index (χ4v) is 2.11. The largest absolute Gasteiger partial charge is 0.370 e. The summed E-state index contributed by atoms with van der Waals surface area (Å²) >= 11 is 0. The summed E-state index contributed by atoms with van der Waals surface area (Å²) in [5, 5.41) is 0. The van der Waals surface area contributed by atoms with Crippen LogP contribution < -0.4 is 11.5 Å². The van der Waals surface area contributed by atoms with Crippen molar-refractivity contribution in [1.29, 1.82) is 0 Å². The predicted molar refractivity (Wildman–Crippen MR) is 56.8 cm³/mol. The number of carbonyl (C=O) groups excluding carboxylic acids is 2. The van der Waals surface area contributed by atoms with E-state index in [0.29, 0.717) is 19.0 Å². The summed E-state index contributed by atoms with van der Waals surface area (Å²) in [5.74, 6) is -0.672. The molecule has 5 heteroatoms. The summed E-state index contributed by atoms with van der Waals surface area (Å²) in [5.41, 5.74) is 10.3. The van der Waals surface area contributed by atoms with Crippen LogP contribution in [0.15, 0.2) is 0 Å². The van der Waals surface area contributed by atoms with E-state index in [4.69, 9.17) is 11.5 Å². The molecule has 1 saturated carbocycles. The molecule has 0 radical (unpaired) electrons. The molecule has 0 atom stereocenters. The van der Waals surface area contributed by atoms with Crippen molar-refractivity contribution in [3.8, 4) is 0 Å². The summed E-state index contributed by atoms with van der Waals surface area (Å²) in [4.78, 5) is 23.5. The van der Waals surface area contributed by atoms with Crippen LogP contribution in [0.25, 0.3) is 0 Å². The molecule has 0 heterocycles. The number of nitrogens with zero attached hydrogens (tertiary/aromatic N) is 1. The molecule has 0 saturated heterocycles. The molecule has 1 rings (SSSR count). The van der Waals surface area contributed by atoms with E-state index in [1.54, 1.807) is 0 Å². The molecule has 15 heavy (non-hydrogen) atoms. The summed E-state index contributed by atoms with van der Waals surface area (Å²) < 4.78 is 0. The minimum atomic E-state index is -0.341. The van der Waals surface area contributed by atoms with Crippen molar-refractivity contribution in [2.75, 3.05) is 13.1 Å². The average Bonchev–Trinajstić information content (AvgIpc) is 2.63. The maximum Gasteiger partial charge on any atom is 0.231 e. The highest BCUT2D eigenvalue weighted by Gasteiger charge is 2.23. The Hall–Kier alpha value is -1.10. The number of carbonyl (C=O) groups is 2. The van der Waals surface area contributed by atoms with E-state index in [-0.39, 0.29) is 18.4 Å². The number of nitrogens with two attached hydrogens (primary N) is 2. The van der Waals surface area contributed by atoms with E-state index in [1.165, 1.54) is 12.8 Å². The topological polar surface area (TPSA) is 89.4 Å². The van der Waals surface area contributed by atoms with Gasteiger partial charge in [0, 0.05) is 19.0 Å². The Bertz CT molecular complexity index is 237. The van der Waals surface area contributed by atoms with Gasteiger partial charge in [-0.25, -0.2) is 0 Å². The first-order valence-corrected chi connectivity index (χ1v) is 5.40. The van der Waals surface area contributed by atoms with Crippen LogP contribution in [0.3, 0.4) is 0 Å². The van der Waals surface area contributed by atoms with Gasteiger partial charge in [0.15, 0.2) is 0 Å². The zero-order valence-electron chi connectivity index (χ0n) is 8.95. The van der Waals surface area contributed by atoms with Crippen molar-refractivity contribution >= 4 is 11.8 Å². The van der Waals surface area contributed by atoms with Crippen molar-refractivity contribution in [3.63, 3.8) is 0 Å². The van der Waals surface area contributed by atoms with Crippen molar-refractivity contribution in [2.45, 2.75) is 38.1 Å². The van der Waals surface area contributed by atoms with Crippen LogP contribution in [0.1, 0.15) is 32.1 Å². The van der Waals surface area contributed by atoms with Crippen molar-refractivity contribution in [2.24, 2.45) is 11.5 Å². The fraction of sp³-hybridized carbons (Fsp3) is 0.800. The molecule has 1 aliphatic rings. The molecule has 0 unspecified atom stereocenters. The second-order valence-electron chi connectivity index (χ2n) is 4.09. The number of hydrogen-bond donors (Lipinski definition) is 2. The molecule has 86 valence electrons. The second-order valence-corrected chi connectivity index (χ2v) is 4.09. The number of rotatable bonds is 6. The first-order valence-electron chi connectivity index (χ1n) is 5.40. The van der Waals surface area contributed by atoms with E-state index in [0.717, 1.165) is 12.8 Å². The second kappa shape index (κ2) is 5.70. The van der Waals surface area contributed by atoms with Gasteiger partial charge in [-0.15, -0.1) is 0 Å². The lowest BCUT2D eigenvalue weighted by Crippen LogP contribution is -2.41. The van der Waals surface area contributed by atoms with E-state index >= 15 is 0 Å². The van der Waals surface area contributed by atoms with Crippen molar-refractivity contribution in [1.82, 2.24) is 4.90 Å². The van der Waals surface area contributed by atoms with Crippen LogP contribution in [-0.4, -0.2) is 35.8 Å². The van der Waals surface area contributed by atoms with Gasteiger partial charge < -0.3 is 11.5 Å². The normalized spacial score (nSPS) is 17.1. The van der Waals surface area contributed by atoms with Crippen LogP contribution in [-0.2, 0) is 9.59 Å². The first kappa shape index (κ1) is 12.0. The predicted octanol–water partition coefficient (Wildman–Crippen LogP) is -0.408. The highest BCUT2D eigenvalue weighted by Crippen LogP contribution is 2.23. The molecule has 0 aromatic carbocycles. The summed E-state index contributed by atoms with van der Waals surface area (Å²) in [6.07, 6.45) is 4.86. The third kappa shape index (κ3) is 4.29. The van der Waals surface area contributed by atoms with E-state index < -0.39 is 0 Å². The summed E-state index contributed by atoms with van der Waals surface area (Å²) in [7, 11) is 0. The Kier molecular flexibility index (Phi) is 4.55. The zero-order valence-corrected chi connectivity index (χ0v) is 8.95. The molecule has 4 N–H and O–H groups in total. The fourth-order valence-electron chi connectivity index (χ4n) is 2.11. The van der Waals surface area contributed by atoms with E-state index in [9.17, 15) is 9.59 Å². The van der Waals surface area contributed by atoms with Crippen LogP contribution in [0.2, 0.25) is 0 Å². The lowest BCUT2D eigenvalue weighted by atomic mass is 10.2. The molecule has 5 nitrogen and oxygen atoms in total. The van der Waals surface area contributed by atoms with Gasteiger partial charge in [-0.05, 0) is 12.8 Å². The third-order valence-corrected chi connectivity index (χ3v) is 2.85. The molecule has 1 aliphatic carbocycles. The quantitative estimate of drug-likeness (QED) is 0.628. The number of amides is 2. The number of hydrogen-bond acceptors (Lipinski definition) is 3. The molecular weight excluding hydrogens is 194 g/mol. The van der Waals surface area contributed by atoms with Gasteiger partial charge in [0.25, 0.3) is 0 Å². The summed E-state index contributed by atoms with van der Waals surface area (Å²) in [6, 6.07) is 0.400. The van der Waals surface area contributed by atoms with Crippen LogP contribution in [0, 0.1) is 0 Å². The Morgan fingerprint density at radius 2 is 1.73 bits per heavy atom. The standard InChI is InChI=1S/C10H19N3O2/c11-9(14)5-6-13(7-10(12)15)8-3-1-2-4-8/h8H,1-7H2,(H2,11,14)(H2,12,15). The smallest absolute Gasteiger partial charge is 0.231 e. The molecule has 2 amide bonds. The van der Waals surface area contributed by atoms with Gasteiger partial charge in [-0.1, -0.05) is 12.8 Å². The van der Waals surface area contributed by atoms with Gasteiger partial charge in [-0.3, -0.25) is 14.5 Å². The molecule has 0 bridgehead atoms. The Labute approximate surface area is 89.8 Å². The SMILES string of the molecule is NC(=O)CCN(CC(N)=O)C1CCCC1. The molecular formula is C10H19N3O2. The first-order chi connectivity index (χ1) is 7.09. The average molecular weight is 213 g/mol. The highest BCUT2D eigenvalue weighted by atomic mass is 16.1. The molecule has 1 fully saturated rings. The maximum atomic E-state index is 10.9. The molecule has 0 aromatic heterocycles. The monoisotopic (exact) mass is 213 g/mol. The highest BCUT2D eigenvalue weighted by molar-refractivity contribution is 5.76. The van der Waals surface area contributed by atoms with Gasteiger partial charge in [-0.2, -0.15) is 0 Å². The Morgan fingerprint density at radius 1 is 1.13 bits per heavy atom. The zero-order chi connectivity index (χ0) is 11.3. The lowest BCUT2D eigenvalue weighted by Gasteiger charge is -2.26. The molecule has 0 aliphatic heterocycles. The maximum absolute atomic E-state index is 10.9. The van der Waals surface area contributed by atoms with Gasteiger partial charge in [0.1, 0.15) is 0 Å². The van der Waals surface area contributed by atoms with E-state index in [2.05, 4.69) is 0 Å². The van der Waals surface area contributed by atoms with Crippen molar-refractivity contribution < 1.29 is 9.59 Å². The Balaban J connectivity index is 2.43. The van der Waals surface area contributed by atoms with Crippen molar-refractivity contribution in [3.05, 3.63) is 0 Å². The van der Waals surface area contributed by atoms with Crippen LogP contribution in [0.4, 0.5) is 0 Å². The minimum absolute atomic E-state index is 0.234.